The molecule has 11 heavy (non-hydrogen) atoms. The molecule has 0 rings (SSSR count). The van der Waals surface area contributed by atoms with E-state index in [0.29, 0.717) is 12.3 Å². The van der Waals surface area contributed by atoms with Gasteiger partial charge in [-0.1, -0.05) is 36.7 Å². The van der Waals surface area contributed by atoms with E-state index in [4.69, 9.17) is 0 Å². The van der Waals surface area contributed by atoms with Gasteiger partial charge >= 0.3 is 0 Å². The number of hydrogen-bond acceptors (Lipinski definition) is 1. The summed E-state index contributed by atoms with van der Waals surface area (Å²) in [5, 5.41) is 0.989. The highest BCUT2D eigenvalue weighted by molar-refractivity contribution is 9.09. The van der Waals surface area contributed by atoms with Gasteiger partial charge in [0.1, 0.15) is 6.29 Å². The van der Waals surface area contributed by atoms with E-state index in [9.17, 15) is 4.79 Å². The normalized spacial score (nSPS) is 14.5. The van der Waals surface area contributed by atoms with Crippen molar-refractivity contribution in [2.24, 2.45) is 11.3 Å². The maximum atomic E-state index is 10.3. The maximum absolute atomic E-state index is 10.3. The molecule has 0 spiro atoms. The number of carbonyl (C=O) groups is 1. The van der Waals surface area contributed by atoms with Crippen LogP contribution in [-0.2, 0) is 4.79 Å². The summed E-state index contributed by atoms with van der Waals surface area (Å²) in [6.07, 6.45) is 2.80. The molecule has 0 saturated carbocycles. The van der Waals surface area contributed by atoms with E-state index in [2.05, 4.69) is 36.7 Å². The van der Waals surface area contributed by atoms with Crippen LogP contribution >= 0.6 is 15.9 Å². The molecular formula is C9H17BrO. The van der Waals surface area contributed by atoms with Crippen molar-refractivity contribution < 1.29 is 4.79 Å². The van der Waals surface area contributed by atoms with Gasteiger partial charge in [-0.2, -0.15) is 0 Å². The zero-order valence-electron chi connectivity index (χ0n) is 7.56. The molecule has 0 aliphatic rings. The summed E-state index contributed by atoms with van der Waals surface area (Å²) in [7, 11) is 0. The van der Waals surface area contributed by atoms with Gasteiger partial charge in [0.05, 0.1) is 0 Å². The van der Waals surface area contributed by atoms with Gasteiger partial charge in [0.25, 0.3) is 0 Å². The van der Waals surface area contributed by atoms with E-state index in [-0.39, 0.29) is 5.41 Å². The summed E-state index contributed by atoms with van der Waals surface area (Å²) in [4.78, 5) is 10.3. The molecule has 1 atom stereocenters. The van der Waals surface area contributed by atoms with Gasteiger partial charge in [0.2, 0.25) is 0 Å². The molecule has 0 heterocycles. The molecule has 0 aliphatic heterocycles. The first-order valence-electron chi connectivity index (χ1n) is 4.02. The number of aldehydes is 1. The Balaban J connectivity index is 3.97. The Morgan fingerprint density at radius 2 is 2.00 bits per heavy atom. The first-order chi connectivity index (χ1) is 5.02. The van der Waals surface area contributed by atoms with Gasteiger partial charge < -0.3 is 4.79 Å². The van der Waals surface area contributed by atoms with Gasteiger partial charge in [-0.05, 0) is 17.8 Å². The van der Waals surface area contributed by atoms with Crippen LogP contribution in [0.15, 0.2) is 0 Å². The van der Waals surface area contributed by atoms with Crippen LogP contribution in [0.4, 0.5) is 0 Å². The van der Waals surface area contributed by atoms with Crippen molar-refractivity contribution in [3.05, 3.63) is 0 Å². The Morgan fingerprint density at radius 1 is 1.45 bits per heavy atom. The molecule has 0 N–H and O–H groups in total. The molecule has 66 valence electrons. The molecular weight excluding hydrogens is 204 g/mol. The number of alkyl halides is 1. The first-order valence-corrected chi connectivity index (χ1v) is 5.14. The summed E-state index contributed by atoms with van der Waals surface area (Å²) in [6, 6.07) is 0. The minimum absolute atomic E-state index is 0.259. The summed E-state index contributed by atoms with van der Waals surface area (Å²) in [5.74, 6) is 0.513. The molecule has 0 fully saturated rings. The second kappa shape index (κ2) is 4.91. The predicted octanol–water partition coefficient (Wildman–Crippen LogP) is 3.02. The van der Waals surface area contributed by atoms with Crippen molar-refractivity contribution in [3.8, 4) is 0 Å². The van der Waals surface area contributed by atoms with Crippen LogP contribution in [0.25, 0.3) is 0 Å². The molecule has 0 aromatic carbocycles. The Morgan fingerprint density at radius 3 is 2.27 bits per heavy atom. The lowest BCUT2D eigenvalue weighted by atomic mass is 9.77. The van der Waals surface area contributed by atoms with Crippen molar-refractivity contribution in [3.63, 3.8) is 0 Å². The standard InChI is InChI=1S/C9H17BrO/c1-9(2,3)8(4-6-10)5-7-11/h7-8H,4-6H2,1-3H3. The summed E-state index contributed by atoms with van der Waals surface area (Å²) in [6.45, 7) is 6.55. The minimum Gasteiger partial charge on any atom is -0.303 e. The molecule has 2 heteroatoms. The summed E-state index contributed by atoms with van der Waals surface area (Å²) >= 11 is 3.40. The molecule has 0 aliphatic carbocycles. The van der Waals surface area contributed by atoms with Crippen LogP contribution in [0.3, 0.4) is 0 Å². The molecule has 0 radical (unpaired) electrons. The lowest BCUT2D eigenvalue weighted by Gasteiger charge is -2.28. The second-order valence-electron chi connectivity index (χ2n) is 3.94. The highest BCUT2D eigenvalue weighted by Gasteiger charge is 2.22. The van der Waals surface area contributed by atoms with Crippen molar-refractivity contribution in [2.45, 2.75) is 33.6 Å². The van der Waals surface area contributed by atoms with Crippen LogP contribution in [-0.4, -0.2) is 11.6 Å². The molecule has 1 unspecified atom stereocenters. The van der Waals surface area contributed by atoms with Gasteiger partial charge in [-0.3, -0.25) is 0 Å². The molecule has 1 nitrogen and oxygen atoms in total. The number of halogens is 1. The SMILES string of the molecule is CC(C)(C)C(CC=O)CCBr. The largest absolute Gasteiger partial charge is 0.303 e. The maximum Gasteiger partial charge on any atom is 0.120 e. The Bertz CT molecular complexity index is 115. The van der Waals surface area contributed by atoms with E-state index < -0.39 is 0 Å². The van der Waals surface area contributed by atoms with E-state index >= 15 is 0 Å². The predicted molar refractivity (Wildman–Crippen MR) is 52.0 cm³/mol. The van der Waals surface area contributed by atoms with Crippen molar-refractivity contribution >= 4 is 22.2 Å². The van der Waals surface area contributed by atoms with E-state index in [0.717, 1.165) is 18.0 Å². The van der Waals surface area contributed by atoms with Gasteiger partial charge in [-0.25, -0.2) is 0 Å². The van der Waals surface area contributed by atoms with Crippen LogP contribution in [0.2, 0.25) is 0 Å². The van der Waals surface area contributed by atoms with Crippen molar-refractivity contribution in [1.82, 2.24) is 0 Å². The molecule has 0 aromatic rings. The lowest BCUT2D eigenvalue weighted by Crippen LogP contribution is -2.21. The Labute approximate surface area is 77.7 Å². The van der Waals surface area contributed by atoms with Crippen LogP contribution in [0, 0.1) is 11.3 Å². The second-order valence-corrected chi connectivity index (χ2v) is 4.74. The zero-order valence-corrected chi connectivity index (χ0v) is 9.15. The third-order valence-corrected chi connectivity index (χ3v) is 2.52. The van der Waals surface area contributed by atoms with E-state index in [1.165, 1.54) is 0 Å². The highest BCUT2D eigenvalue weighted by Crippen LogP contribution is 2.31. The molecule has 0 amide bonds. The Kier molecular flexibility index (Phi) is 4.98. The average molecular weight is 221 g/mol. The fourth-order valence-electron chi connectivity index (χ4n) is 1.15. The third-order valence-electron chi connectivity index (χ3n) is 2.06. The van der Waals surface area contributed by atoms with Crippen LogP contribution in [0.5, 0.6) is 0 Å². The monoisotopic (exact) mass is 220 g/mol. The fourth-order valence-corrected chi connectivity index (χ4v) is 1.70. The number of rotatable bonds is 4. The number of carbonyl (C=O) groups excluding carboxylic acids is 1. The molecule has 0 bridgehead atoms. The third kappa shape index (κ3) is 4.57. The molecule has 0 aromatic heterocycles. The highest BCUT2D eigenvalue weighted by atomic mass is 79.9. The minimum atomic E-state index is 0.259. The van der Waals surface area contributed by atoms with Gasteiger partial charge in [-0.15, -0.1) is 0 Å². The van der Waals surface area contributed by atoms with Crippen LogP contribution < -0.4 is 0 Å². The smallest absolute Gasteiger partial charge is 0.120 e. The quantitative estimate of drug-likeness (QED) is 0.526. The molecule has 0 saturated heterocycles. The first kappa shape index (κ1) is 11.2. The van der Waals surface area contributed by atoms with Gasteiger partial charge in [0, 0.05) is 11.8 Å². The average Bonchev–Trinajstić information content (AvgIpc) is 1.85. The van der Waals surface area contributed by atoms with E-state index in [1.807, 2.05) is 0 Å². The van der Waals surface area contributed by atoms with Gasteiger partial charge in [0.15, 0.2) is 0 Å². The lowest BCUT2D eigenvalue weighted by molar-refractivity contribution is -0.109. The fraction of sp³-hybridized carbons (Fsp3) is 0.889. The van der Waals surface area contributed by atoms with Crippen molar-refractivity contribution in [1.29, 1.82) is 0 Å². The Hall–Kier alpha value is 0.150. The van der Waals surface area contributed by atoms with Crippen LogP contribution in [0.1, 0.15) is 33.6 Å². The topological polar surface area (TPSA) is 17.1 Å². The summed E-state index contributed by atoms with van der Waals surface area (Å²) < 4.78 is 0. The number of hydrogen-bond donors (Lipinski definition) is 0. The van der Waals surface area contributed by atoms with E-state index in [1.54, 1.807) is 0 Å². The van der Waals surface area contributed by atoms with Crippen molar-refractivity contribution in [2.75, 3.05) is 5.33 Å². The zero-order chi connectivity index (χ0) is 8.91. The summed E-state index contributed by atoms with van der Waals surface area (Å²) in [5.41, 5.74) is 0.259.